The zero-order valence-electron chi connectivity index (χ0n) is 9.54. The first-order valence-electron chi connectivity index (χ1n) is 5.53. The molecule has 1 aromatic rings. The van der Waals surface area contributed by atoms with Gasteiger partial charge in [-0.05, 0) is 18.2 Å². The molecule has 1 fully saturated rings. The highest BCUT2D eigenvalue weighted by atomic mass is 79.9. The van der Waals surface area contributed by atoms with E-state index in [1.54, 1.807) is 4.90 Å². The summed E-state index contributed by atoms with van der Waals surface area (Å²) >= 11 is 3.29. The standard InChI is InChI=1S/C12H12BrF2NO2/c13-6-9-7-16(3-4-18-9)12(17)8-1-2-10(14)11(15)5-8/h1-2,5,9H,3-4,6-7H2. The predicted octanol–water partition coefficient (Wildman–Crippen LogP) is 2.20. The van der Waals surface area contributed by atoms with E-state index in [0.717, 1.165) is 12.1 Å². The van der Waals surface area contributed by atoms with Crippen LogP contribution in [-0.2, 0) is 4.74 Å². The van der Waals surface area contributed by atoms with Gasteiger partial charge >= 0.3 is 0 Å². The molecule has 1 heterocycles. The predicted molar refractivity (Wildman–Crippen MR) is 65.8 cm³/mol. The maximum Gasteiger partial charge on any atom is 0.254 e. The van der Waals surface area contributed by atoms with Crippen molar-refractivity contribution in [1.82, 2.24) is 4.90 Å². The van der Waals surface area contributed by atoms with Gasteiger partial charge in [0.05, 0.1) is 12.7 Å². The molecule has 3 nitrogen and oxygen atoms in total. The van der Waals surface area contributed by atoms with Gasteiger partial charge in [-0.2, -0.15) is 0 Å². The van der Waals surface area contributed by atoms with E-state index in [1.165, 1.54) is 6.07 Å². The number of amides is 1. The average Bonchev–Trinajstić information content (AvgIpc) is 2.41. The monoisotopic (exact) mass is 319 g/mol. The van der Waals surface area contributed by atoms with Crippen molar-refractivity contribution in [3.8, 4) is 0 Å². The Hall–Kier alpha value is -1.01. The number of benzene rings is 1. The SMILES string of the molecule is O=C(c1ccc(F)c(F)c1)N1CCOC(CBr)C1. The summed E-state index contributed by atoms with van der Waals surface area (Å²) in [6, 6.07) is 3.18. The molecule has 1 aliphatic rings. The van der Waals surface area contributed by atoms with Crippen molar-refractivity contribution in [3.05, 3.63) is 35.4 Å². The van der Waals surface area contributed by atoms with Crippen LogP contribution < -0.4 is 0 Å². The summed E-state index contributed by atoms with van der Waals surface area (Å²) in [5.74, 6) is -2.26. The first-order valence-corrected chi connectivity index (χ1v) is 6.66. The number of rotatable bonds is 2. The molecule has 0 aromatic heterocycles. The van der Waals surface area contributed by atoms with Crippen molar-refractivity contribution in [2.75, 3.05) is 25.0 Å². The summed E-state index contributed by atoms with van der Waals surface area (Å²) in [6.45, 7) is 1.36. The molecule has 0 spiro atoms. The van der Waals surface area contributed by atoms with E-state index in [2.05, 4.69) is 15.9 Å². The summed E-state index contributed by atoms with van der Waals surface area (Å²) in [5.41, 5.74) is 0.157. The Morgan fingerprint density at radius 3 is 2.89 bits per heavy atom. The van der Waals surface area contributed by atoms with Crippen molar-refractivity contribution < 1.29 is 18.3 Å². The van der Waals surface area contributed by atoms with Gasteiger partial charge in [0.2, 0.25) is 0 Å². The Labute approximate surface area is 112 Å². The average molecular weight is 320 g/mol. The molecule has 98 valence electrons. The lowest BCUT2D eigenvalue weighted by molar-refractivity contribution is -0.00966. The van der Waals surface area contributed by atoms with Crippen LogP contribution in [0.3, 0.4) is 0 Å². The van der Waals surface area contributed by atoms with Gasteiger partial charge in [0.15, 0.2) is 11.6 Å². The van der Waals surface area contributed by atoms with E-state index in [1.807, 2.05) is 0 Å². The first-order chi connectivity index (χ1) is 8.61. The molecule has 1 aromatic carbocycles. The van der Waals surface area contributed by atoms with Crippen molar-refractivity contribution in [1.29, 1.82) is 0 Å². The van der Waals surface area contributed by atoms with E-state index in [9.17, 15) is 13.6 Å². The number of carbonyl (C=O) groups is 1. The van der Waals surface area contributed by atoms with Gasteiger partial charge in [0.1, 0.15) is 0 Å². The van der Waals surface area contributed by atoms with E-state index in [4.69, 9.17) is 4.74 Å². The molecule has 1 amide bonds. The number of ether oxygens (including phenoxy) is 1. The molecule has 6 heteroatoms. The molecule has 1 unspecified atom stereocenters. The van der Waals surface area contributed by atoms with E-state index < -0.39 is 11.6 Å². The second-order valence-corrected chi connectivity index (χ2v) is 4.67. The highest BCUT2D eigenvalue weighted by Crippen LogP contribution is 2.14. The van der Waals surface area contributed by atoms with Crippen LogP contribution in [0.4, 0.5) is 8.78 Å². The molecular formula is C12H12BrF2NO2. The zero-order chi connectivity index (χ0) is 13.1. The molecular weight excluding hydrogens is 308 g/mol. The number of hydrogen-bond donors (Lipinski definition) is 0. The molecule has 0 saturated carbocycles. The fraction of sp³-hybridized carbons (Fsp3) is 0.417. The minimum absolute atomic E-state index is 0.0620. The summed E-state index contributed by atoms with van der Waals surface area (Å²) < 4.78 is 31.3. The quantitative estimate of drug-likeness (QED) is 0.782. The van der Waals surface area contributed by atoms with Gasteiger partial charge in [-0.1, -0.05) is 15.9 Å². The number of carbonyl (C=O) groups excluding carboxylic acids is 1. The second kappa shape index (κ2) is 5.75. The van der Waals surface area contributed by atoms with Crippen LogP contribution in [0.2, 0.25) is 0 Å². The minimum atomic E-state index is -1.01. The number of halogens is 3. The van der Waals surface area contributed by atoms with Gasteiger partial charge in [0.25, 0.3) is 5.91 Å². The molecule has 2 rings (SSSR count). The fourth-order valence-electron chi connectivity index (χ4n) is 1.81. The van der Waals surface area contributed by atoms with Crippen LogP contribution in [0.1, 0.15) is 10.4 Å². The van der Waals surface area contributed by atoms with Crippen molar-refractivity contribution in [2.24, 2.45) is 0 Å². The lowest BCUT2D eigenvalue weighted by Gasteiger charge is -2.32. The lowest BCUT2D eigenvalue weighted by atomic mass is 10.1. The van der Waals surface area contributed by atoms with Crippen LogP contribution in [0.15, 0.2) is 18.2 Å². The number of nitrogens with zero attached hydrogens (tertiary/aromatic N) is 1. The number of morpholine rings is 1. The summed E-state index contributed by atoms with van der Waals surface area (Å²) in [6.07, 6.45) is -0.0620. The van der Waals surface area contributed by atoms with Gasteiger partial charge in [-0.3, -0.25) is 4.79 Å². The molecule has 1 atom stereocenters. The third-order valence-electron chi connectivity index (χ3n) is 2.76. The third-order valence-corrected chi connectivity index (χ3v) is 3.49. The maximum absolute atomic E-state index is 13.1. The molecule has 18 heavy (non-hydrogen) atoms. The fourth-order valence-corrected chi connectivity index (χ4v) is 2.20. The van der Waals surface area contributed by atoms with Crippen LogP contribution >= 0.6 is 15.9 Å². The van der Waals surface area contributed by atoms with E-state index in [0.29, 0.717) is 25.0 Å². The molecule has 1 aliphatic heterocycles. The Kier molecular flexibility index (Phi) is 4.29. The lowest BCUT2D eigenvalue weighted by Crippen LogP contribution is -2.46. The molecule has 0 aliphatic carbocycles. The van der Waals surface area contributed by atoms with Gasteiger partial charge in [0, 0.05) is 24.0 Å². The Bertz CT molecular complexity index is 456. The Morgan fingerprint density at radius 1 is 1.44 bits per heavy atom. The third kappa shape index (κ3) is 2.87. The van der Waals surface area contributed by atoms with Crippen LogP contribution in [-0.4, -0.2) is 41.9 Å². The minimum Gasteiger partial charge on any atom is -0.374 e. The van der Waals surface area contributed by atoms with Crippen LogP contribution in [0.25, 0.3) is 0 Å². The van der Waals surface area contributed by atoms with E-state index >= 15 is 0 Å². The zero-order valence-corrected chi connectivity index (χ0v) is 11.1. The van der Waals surface area contributed by atoms with Gasteiger partial charge in [-0.25, -0.2) is 8.78 Å². The topological polar surface area (TPSA) is 29.5 Å². The van der Waals surface area contributed by atoms with Crippen molar-refractivity contribution >= 4 is 21.8 Å². The molecule has 0 N–H and O–H groups in total. The number of alkyl halides is 1. The normalized spacial score (nSPS) is 19.9. The van der Waals surface area contributed by atoms with Crippen molar-refractivity contribution in [3.63, 3.8) is 0 Å². The summed E-state index contributed by atoms with van der Waals surface area (Å²) in [5, 5.41) is 0.633. The highest BCUT2D eigenvalue weighted by Gasteiger charge is 2.24. The van der Waals surface area contributed by atoms with Crippen molar-refractivity contribution in [2.45, 2.75) is 6.10 Å². The molecule has 0 radical (unpaired) electrons. The van der Waals surface area contributed by atoms with E-state index in [-0.39, 0.29) is 17.6 Å². The largest absolute Gasteiger partial charge is 0.374 e. The van der Waals surface area contributed by atoms with Gasteiger partial charge in [-0.15, -0.1) is 0 Å². The van der Waals surface area contributed by atoms with Crippen LogP contribution in [0.5, 0.6) is 0 Å². The second-order valence-electron chi connectivity index (χ2n) is 4.03. The van der Waals surface area contributed by atoms with Gasteiger partial charge < -0.3 is 9.64 Å². The number of hydrogen-bond acceptors (Lipinski definition) is 2. The Balaban J connectivity index is 2.12. The Morgan fingerprint density at radius 2 is 2.22 bits per heavy atom. The highest BCUT2D eigenvalue weighted by molar-refractivity contribution is 9.09. The first kappa shape index (κ1) is 13.4. The van der Waals surface area contributed by atoms with Crippen LogP contribution in [0, 0.1) is 11.6 Å². The molecule has 1 saturated heterocycles. The summed E-state index contributed by atoms with van der Waals surface area (Å²) in [4.78, 5) is 13.7. The smallest absolute Gasteiger partial charge is 0.254 e. The maximum atomic E-state index is 13.1. The summed E-state index contributed by atoms with van der Waals surface area (Å²) in [7, 11) is 0. The molecule has 0 bridgehead atoms.